The first-order valence-electron chi connectivity index (χ1n) is 11.6. The van der Waals surface area contributed by atoms with Crippen LogP contribution in [0.4, 0.5) is 5.69 Å². The fourth-order valence-electron chi connectivity index (χ4n) is 4.86. The van der Waals surface area contributed by atoms with E-state index in [4.69, 9.17) is 5.10 Å². The Morgan fingerprint density at radius 1 is 0.800 bits per heavy atom. The predicted octanol–water partition coefficient (Wildman–Crippen LogP) is 7.31. The van der Waals surface area contributed by atoms with Crippen molar-refractivity contribution in [2.24, 2.45) is 5.10 Å². The average molecular weight is 520 g/mol. The Labute approximate surface area is 211 Å². The van der Waals surface area contributed by atoms with Gasteiger partial charge in [-0.05, 0) is 41.5 Å². The molecule has 35 heavy (non-hydrogen) atoms. The van der Waals surface area contributed by atoms with E-state index in [1.54, 1.807) is 0 Å². The maximum absolute atomic E-state index is 13.6. The van der Waals surface area contributed by atoms with E-state index in [0.717, 1.165) is 43.5 Å². The maximum Gasteiger partial charge on any atom is 0.258 e. The third-order valence-electron chi connectivity index (χ3n) is 6.44. The Bertz CT molecular complexity index is 1600. The van der Waals surface area contributed by atoms with Gasteiger partial charge < -0.3 is 4.98 Å². The number of benzene rings is 4. The highest BCUT2D eigenvalue weighted by atomic mass is 79.9. The second-order valence-electron chi connectivity index (χ2n) is 8.62. The number of hydrogen-bond donors (Lipinski definition) is 1. The molecule has 0 bridgehead atoms. The molecule has 5 heteroatoms. The highest BCUT2D eigenvalue weighted by Gasteiger charge is 2.32. The van der Waals surface area contributed by atoms with Gasteiger partial charge in [0.05, 0.1) is 23.0 Å². The zero-order valence-corrected chi connectivity index (χ0v) is 20.4. The number of H-pyrrole nitrogens is 1. The third-order valence-corrected chi connectivity index (χ3v) is 6.94. The summed E-state index contributed by atoms with van der Waals surface area (Å²) in [5.74, 6) is 0. The van der Waals surface area contributed by atoms with Crippen molar-refractivity contribution in [2.45, 2.75) is 12.5 Å². The number of nitrogens with one attached hydrogen (secondary N) is 1. The minimum Gasteiger partial charge on any atom is -0.321 e. The molecule has 170 valence electrons. The number of para-hydroxylation sites is 1. The van der Waals surface area contributed by atoms with Crippen molar-refractivity contribution in [1.29, 1.82) is 0 Å². The molecule has 0 saturated heterocycles. The molecule has 0 fully saturated rings. The number of aromatic nitrogens is 1. The molecule has 1 aliphatic rings. The van der Waals surface area contributed by atoms with Crippen LogP contribution in [-0.4, -0.2) is 10.7 Å². The van der Waals surface area contributed by atoms with Crippen LogP contribution in [0, 0.1) is 0 Å². The van der Waals surface area contributed by atoms with E-state index in [1.165, 1.54) is 0 Å². The quantitative estimate of drug-likeness (QED) is 0.270. The number of anilines is 1. The normalized spacial score (nSPS) is 15.4. The van der Waals surface area contributed by atoms with Crippen LogP contribution in [0.5, 0.6) is 0 Å². The molecular formula is C30H22BrN3O. The molecular weight excluding hydrogens is 498 g/mol. The number of halogens is 1. The van der Waals surface area contributed by atoms with Gasteiger partial charge in [-0.15, -0.1) is 0 Å². The number of nitrogens with zero attached hydrogens (tertiary/aromatic N) is 2. The van der Waals surface area contributed by atoms with E-state index >= 15 is 0 Å². The summed E-state index contributed by atoms with van der Waals surface area (Å²) in [4.78, 5) is 16.7. The minimum absolute atomic E-state index is 0.00479. The van der Waals surface area contributed by atoms with Gasteiger partial charge in [-0.25, -0.2) is 0 Å². The van der Waals surface area contributed by atoms with Crippen molar-refractivity contribution in [3.8, 4) is 11.1 Å². The second-order valence-corrected chi connectivity index (χ2v) is 9.53. The van der Waals surface area contributed by atoms with Crippen molar-refractivity contribution in [1.82, 2.24) is 4.98 Å². The van der Waals surface area contributed by atoms with Crippen LogP contribution in [0.1, 0.15) is 23.6 Å². The Hall–Kier alpha value is -3.96. The van der Waals surface area contributed by atoms with Gasteiger partial charge in [0.2, 0.25) is 0 Å². The summed E-state index contributed by atoms with van der Waals surface area (Å²) < 4.78 is 0.960. The van der Waals surface area contributed by atoms with E-state index in [1.807, 2.05) is 71.7 Å². The second kappa shape index (κ2) is 9.01. The lowest BCUT2D eigenvalue weighted by Gasteiger charge is -2.23. The van der Waals surface area contributed by atoms with Crippen LogP contribution in [-0.2, 0) is 0 Å². The number of aromatic amines is 1. The van der Waals surface area contributed by atoms with Crippen molar-refractivity contribution in [2.75, 3.05) is 5.01 Å². The molecule has 4 nitrogen and oxygen atoms in total. The smallest absolute Gasteiger partial charge is 0.258 e. The molecule has 0 saturated carbocycles. The molecule has 1 N–H and O–H groups in total. The standard InChI is InChI=1S/C30H22BrN3O/c31-22-16-17-25-24(18-22)28(21-12-6-2-7-13-21)29(30(35)32-25)26-19-27(20-10-4-1-5-11-20)34(33-26)23-14-8-3-9-15-23/h1-18,27H,19H2,(H,32,35)/t27-/m1/s1. The summed E-state index contributed by atoms with van der Waals surface area (Å²) in [6.07, 6.45) is 0.626. The van der Waals surface area contributed by atoms with Gasteiger partial charge in [0, 0.05) is 27.4 Å². The molecule has 0 amide bonds. The first-order chi connectivity index (χ1) is 17.2. The first kappa shape index (κ1) is 21.6. The van der Waals surface area contributed by atoms with Gasteiger partial charge in [0.15, 0.2) is 0 Å². The molecule has 1 aliphatic heterocycles. The van der Waals surface area contributed by atoms with Crippen LogP contribution >= 0.6 is 15.9 Å². The van der Waals surface area contributed by atoms with Crippen LogP contribution in [0.2, 0.25) is 0 Å². The molecule has 0 spiro atoms. The third kappa shape index (κ3) is 3.98. The molecule has 5 aromatic rings. The highest BCUT2D eigenvalue weighted by Crippen LogP contribution is 2.39. The van der Waals surface area contributed by atoms with Crippen LogP contribution in [0.15, 0.2) is 124 Å². The van der Waals surface area contributed by atoms with Crippen molar-refractivity contribution >= 4 is 38.2 Å². The molecule has 0 radical (unpaired) electrons. The molecule has 1 aromatic heterocycles. The number of hydrogen-bond acceptors (Lipinski definition) is 3. The topological polar surface area (TPSA) is 48.5 Å². The summed E-state index contributed by atoms with van der Waals surface area (Å²) in [7, 11) is 0. The molecule has 4 aromatic carbocycles. The lowest BCUT2D eigenvalue weighted by molar-refractivity contribution is 0.709. The Morgan fingerprint density at radius 2 is 1.46 bits per heavy atom. The SMILES string of the molecule is O=c1[nH]c2ccc(Br)cc2c(-c2ccccc2)c1C1=NN(c2ccccc2)[C@@H](c2ccccc2)C1. The average Bonchev–Trinajstić information content (AvgIpc) is 3.35. The summed E-state index contributed by atoms with van der Waals surface area (Å²) in [6, 6.07) is 36.6. The van der Waals surface area contributed by atoms with Crippen LogP contribution in [0.25, 0.3) is 22.0 Å². The van der Waals surface area contributed by atoms with E-state index in [2.05, 4.69) is 63.4 Å². The van der Waals surface area contributed by atoms with Crippen molar-refractivity contribution in [3.63, 3.8) is 0 Å². The number of hydrazone groups is 1. The number of rotatable bonds is 4. The first-order valence-corrected chi connectivity index (χ1v) is 12.4. The highest BCUT2D eigenvalue weighted by molar-refractivity contribution is 9.10. The summed E-state index contributed by atoms with van der Waals surface area (Å²) in [6.45, 7) is 0. The number of pyridine rings is 1. The Kier molecular flexibility index (Phi) is 5.55. The largest absolute Gasteiger partial charge is 0.321 e. The number of fused-ring (bicyclic) bond motifs is 1. The fourth-order valence-corrected chi connectivity index (χ4v) is 5.22. The van der Waals surface area contributed by atoms with Crippen LogP contribution < -0.4 is 10.6 Å². The fraction of sp³-hybridized carbons (Fsp3) is 0.0667. The van der Waals surface area contributed by atoms with Crippen LogP contribution in [0.3, 0.4) is 0 Å². The van der Waals surface area contributed by atoms with E-state index in [-0.39, 0.29) is 11.6 Å². The molecule has 6 rings (SSSR count). The lowest BCUT2D eigenvalue weighted by atomic mass is 9.91. The van der Waals surface area contributed by atoms with E-state index in [0.29, 0.717) is 12.0 Å². The minimum atomic E-state index is -0.126. The molecule has 1 atom stereocenters. The van der Waals surface area contributed by atoms with Gasteiger partial charge in [-0.2, -0.15) is 5.10 Å². The van der Waals surface area contributed by atoms with Gasteiger partial charge >= 0.3 is 0 Å². The predicted molar refractivity (Wildman–Crippen MR) is 147 cm³/mol. The molecule has 0 unspecified atom stereocenters. The maximum atomic E-state index is 13.6. The van der Waals surface area contributed by atoms with Gasteiger partial charge in [0.25, 0.3) is 5.56 Å². The zero-order valence-electron chi connectivity index (χ0n) is 18.9. The lowest BCUT2D eigenvalue weighted by Crippen LogP contribution is -2.20. The zero-order chi connectivity index (χ0) is 23.8. The van der Waals surface area contributed by atoms with E-state index in [9.17, 15) is 4.79 Å². The summed E-state index contributed by atoms with van der Waals surface area (Å²) in [5.41, 5.74) is 6.15. The van der Waals surface area contributed by atoms with Crippen molar-refractivity contribution in [3.05, 3.63) is 135 Å². The monoisotopic (exact) mass is 519 g/mol. The van der Waals surface area contributed by atoms with Gasteiger partial charge in [-0.3, -0.25) is 9.80 Å². The van der Waals surface area contributed by atoms with E-state index < -0.39 is 0 Å². The Morgan fingerprint density at radius 3 is 2.17 bits per heavy atom. The van der Waals surface area contributed by atoms with Crippen molar-refractivity contribution < 1.29 is 0 Å². The summed E-state index contributed by atoms with van der Waals surface area (Å²) >= 11 is 3.62. The van der Waals surface area contributed by atoms with Gasteiger partial charge in [-0.1, -0.05) is 94.8 Å². The Balaban J connectivity index is 1.60. The van der Waals surface area contributed by atoms with Gasteiger partial charge in [0.1, 0.15) is 0 Å². The molecule has 2 heterocycles. The molecule has 0 aliphatic carbocycles. The summed E-state index contributed by atoms with van der Waals surface area (Å²) in [5, 5.41) is 8.11.